The maximum atomic E-state index is 14.1. The van der Waals surface area contributed by atoms with Crippen molar-refractivity contribution in [2.45, 2.75) is 13.0 Å². The zero-order chi connectivity index (χ0) is 14.9. The molecule has 0 radical (unpaired) electrons. The van der Waals surface area contributed by atoms with Gasteiger partial charge in [-0.1, -0.05) is 23.7 Å². The standard InChI is InChI=1S/C14H12ClF3N2/c1-7-2-5-10(16)12(13(7)18)14(20-19)8-3-4-9(15)11(17)6-8/h2-6,14,20H,19H2,1H3. The van der Waals surface area contributed by atoms with Crippen molar-refractivity contribution < 1.29 is 13.2 Å². The van der Waals surface area contributed by atoms with Gasteiger partial charge < -0.3 is 0 Å². The van der Waals surface area contributed by atoms with Gasteiger partial charge in [0.2, 0.25) is 0 Å². The fourth-order valence-electron chi connectivity index (χ4n) is 1.98. The molecule has 6 heteroatoms. The van der Waals surface area contributed by atoms with Crippen LogP contribution in [-0.4, -0.2) is 0 Å². The van der Waals surface area contributed by atoms with Gasteiger partial charge in [0.05, 0.1) is 11.1 Å². The molecule has 0 aliphatic heterocycles. The summed E-state index contributed by atoms with van der Waals surface area (Å²) in [6.07, 6.45) is 0. The van der Waals surface area contributed by atoms with Gasteiger partial charge in [-0.05, 0) is 36.2 Å². The van der Waals surface area contributed by atoms with E-state index in [4.69, 9.17) is 17.4 Å². The molecular formula is C14H12ClF3N2. The molecule has 0 aliphatic rings. The van der Waals surface area contributed by atoms with E-state index in [9.17, 15) is 13.2 Å². The molecule has 20 heavy (non-hydrogen) atoms. The van der Waals surface area contributed by atoms with Crippen LogP contribution in [0.1, 0.15) is 22.7 Å². The number of hydrazine groups is 1. The van der Waals surface area contributed by atoms with Crippen molar-refractivity contribution in [1.29, 1.82) is 0 Å². The minimum absolute atomic E-state index is 0.0743. The van der Waals surface area contributed by atoms with E-state index in [2.05, 4.69) is 5.43 Å². The molecule has 1 unspecified atom stereocenters. The predicted octanol–water partition coefficient (Wildman–Crippen LogP) is 3.62. The van der Waals surface area contributed by atoms with Gasteiger partial charge in [0.1, 0.15) is 17.5 Å². The average Bonchev–Trinajstić information content (AvgIpc) is 2.42. The van der Waals surface area contributed by atoms with Gasteiger partial charge in [0.25, 0.3) is 0 Å². The highest BCUT2D eigenvalue weighted by molar-refractivity contribution is 6.30. The van der Waals surface area contributed by atoms with Crippen molar-refractivity contribution in [3.05, 3.63) is 69.5 Å². The maximum absolute atomic E-state index is 14.1. The fraction of sp³-hybridized carbons (Fsp3) is 0.143. The summed E-state index contributed by atoms with van der Waals surface area (Å²) in [6.45, 7) is 1.51. The van der Waals surface area contributed by atoms with Gasteiger partial charge in [-0.15, -0.1) is 0 Å². The monoisotopic (exact) mass is 300 g/mol. The molecule has 106 valence electrons. The number of aryl methyl sites for hydroxylation is 1. The molecule has 3 N–H and O–H groups in total. The normalized spacial score (nSPS) is 12.5. The molecule has 0 aromatic heterocycles. The molecule has 0 amide bonds. The van der Waals surface area contributed by atoms with Crippen LogP contribution in [0.5, 0.6) is 0 Å². The van der Waals surface area contributed by atoms with Gasteiger partial charge >= 0.3 is 0 Å². The Labute approximate surface area is 119 Å². The molecule has 0 spiro atoms. The number of hydrogen-bond donors (Lipinski definition) is 2. The highest BCUT2D eigenvalue weighted by Gasteiger charge is 2.23. The molecule has 0 aliphatic carbocycles. The summed E-state index contributed by atoms with van der Waals surface area (Å²) < 4.78 is 41.5. The smallest absolute Gasteiger partial charge is 0.142 e. The van der Waals surface area contributed by atoms with Crippen molar-refractivity contribution in [1.82, 2.24) is 5.43 Å². The first kappa shape index (κ1) is 14.8. The first-order valence-electron chi connectivity index (χ1n) is 5.81. The van der Waals surface area contributed by atoms with Crippen LogP contribution in [0.2, 0.25) is 5.02 Å². The molecule has 0 fully saturated rings. The third-order valence-corrected chi connectivity index (χ3v) is 3.36. The Hall–Kier alpha value is -1.56. The summed E-state index contributed by atoms with van der Waals surface area (Å²) in [5, 5.41) is -0.0743. The molecule has 0 heterocycles. The van der Waals surface area contributed by atoms with Crippen LogP contribution in [0.25, 0.3) is 0 Å². The lowest BCUT2D eigenvalue weighted by Gasteiger charge is -2.19. The van der Waals surface area contributed by atoms with Gasteiger partial charge in [-0.25, -0.2) is 18.6 Å². The van der Waals surface area contributed by atoms with E-state index < -0.39 is 23.5 Å². The Balaban J connectivity index is 2.58. The van der Waals surface area contributed by atoms with Gasteiger partial charge in [0.15, 0.2) is 0 Å². The Morgan fingerprint density at radius 3 is 2.40 bits per heavy atom. The fourth-order valence-corrected chi connectivity index (χ4v) is 2.10. The Bertz CT molecular complexity index is 647. The summed E-state index contributed by atoms with van der Waals surface area (Å²) in [5.74, 6) is 3.21. The third kappa shape index (κ3) is 2.65. The van der Waals surface area contributed by atoms with E-state index in [1.165, 1.54) is 25.1 Å². The van der Waals surface area contributed by atoms with E-state index in [0.717, 1.165) is 12.1 Å². The van der Waals surface area contributed by atoms with Crippen molar-refractivity contribution >= 4 is 11.6 Å². The third-order valence-electron chi connectivity index (χ3n) is 3.05. The lowest BCUT2D eigenvalue weighted by atomic mass is 9.96. The lowest BCUT2D eigenvalue weighted by Crippen LogP contribution is -2.30. The largest absolute Gasteiger partial charge is 0.271 e. The number of benzene rings is 2. The second-order valence-electron chi connectivity index (χ2n) is 4.37. The molecule has 2 aromatic rings. The van der Waals surface area contributed by atoms with E-state index in [-0.39, 0.29) is 21.7 Å². The zero-order valence-electron chi connectivity index (χ0n) is 10.6. The van der Waals surface area contributed by atoms with E-state index >= 15 is 0 Å². The first-order valence-corrected chi connectivity index (χ1v) is 6.19. The van der Waals surface area contributed by atoms with Crippen molar-refractivity contribution in [2.75, 3.05) is 0 Å². The van der Waals surface area contributed by atoms with E-state index in [0.29, 0.717) is 0 Å². The van der Waals surface area contributed by atoms with Crippen LogP contribution in [0.4, 0.5) is 13.2 Å². The first-order chi connectivity index (χ1) is 9.45. The van der Waals surface area contributed by atoms with Crippen molar-refractivity contribution in [2.24, 2.45) is 5.84 Å². The van der Waals surface area contributed by atoms with Crippen molar-refractivity contribution in [3.8, 4) is 0 Å². The molecule has 2 rings (SSSR count). The zero-order valence-corrected chi connectivity index (χ0v) is 11.3. The van der Waals surface area contributed by atoms with Crippen LogP contribution in [-0.2, 0) is 0 Å². The van der Waals surface area contributed by atoms with E-state index in [1.54, 1.807) is 0 Å². The van der Waals surface area contributed by atoms with Crippen LogP contribution in [0.15, 0.2) is 30.3 Å². The van der Waals surface area contributed by atoms with Gasteiger partial charge in [-0.2, -0.15) is 0 Å². The minimum Gasteiger partial charge on any atom is -0.271 e. The predicted molar refractivity (Wildman–Crippen MR) is 71.7 cm³/mol. The van der Waals surface area contributed by atoms with Gasteiger partial charge in [0, 0.05) is 5.56 Å². The second kappa shape index (κ2) is 5.83. The Morgan fingerprint density at radius 2 is 1.80 bits per heavy atom. The highest BCUT2D eigenvalue weighted by Crippen LogP contribution is 2.29. The highest BCUT2D eigenvalue weighted by atomic mass is 35.5. The molecule has 0 saturated carbocycles. The molecule has 0 saturated heterocycles. The van der Waals surface area contributed by atoms with Crippen molar-refractivity contribution in [3.63, 3.8) is 0 Å². The quantitative estimate of drug-likeness (QED) is 0.671. The topological polar surface area (TPSA) is 38.0 Å². The number of hydrogen-bond acceptors (Lipinski definition) is 2. The Morgan fingerprint density at radius 1 is 1.10 bits per heavy atom. The summed E-state index contributed by atoms with van der Waals surface area (Å²) in [6, 6.07) is 5.31. The van der Waals surface area contributed by atoms with Gasteiger partial charge in [-0.3, -0.25) is 5.84 Å². The SMILES string of the molecule is Cc1ccc(F)c(C(NN)c2ccc(Cl)c(F)c2)c1F. The van der Waals surface area contributed by atoms with Crippen LogP contribution < -0.4 is 11.3 Å². The number of halogens is 4. The molecule has 2 nitrogen and oxygen atoms in total. The lowest BCUT2D eigenvalue weighted by molar-refractivity contribution is 0.505. The molecular weight excluding hydrogens is 289 g/mol. The second-order valence-corrected chi connectivity index (χ2v) is 4.77. The van der Waals surface area contributed by atoms with E-state index in [1.807, 2.05) is 0 Å². The maximum Gasteiger partial charge on any atom is 0.142 e. The minimum atomic E-state index is -1.01. The number of nitrogens with two attached hydrogens (primary N) is 1. The molecule has 0 bridgehead atoms. The summed E-state index contributed by atoms with van der Waals surface area (Å²) in [7, 11) is 0. The van der Waals surface area contributed by atoms with Crippen LogP contribution >= 0.6 is 11.6 Å². The summed E-state index contributed by atoms with van der Waals surface area (Å²) >= 11 is 5.59. The summed E-state index contributed by atoms with van der Waals surface area (Å²) in [4.78, 5) is 0. The molecule has 2 aromatic carbocycles. The molecule has 1 atom stereocenters. The summed E-state index contributed by atoms with van der Waals surface area (Å²) in [5.41, 5.74) is 2.59. The Kier molecular flexibility index (Phi) is 4.32. The van der Waals surface area contributed by atoms with Crippen LogP contribution in [0.3, 0.4) is 0 Å². The average molecular weight is 301 g/mol. The van der Waals surface area contributed by atoms with Crippen LogP contribution in [0, 0.1) is 24.4 Å². The number of rotatable bonds is 3. The number of nitrogens with one attached hydrogen (secondary N) is 1.